The van der Waals surface area contributed by atoms with Gasteiger partial charge in [-0.3, -0.25) is 14.4 Å². The van der Waals surface area contributed by atoms with E-state index >= 15 is 0 Å². The van der Waals surface area contributed by atoms with E-state index in [4.69, 9.17) is 9.72 Å². The predicted octanol–water partition coefficient (Wildman–Crippen LogP) is 3.74. The van der Waals surface area contributed by atoms with E-state index in [0.717, 1.165) is 41.6 Å². The molecular weight excluding hydrogens is 508 g/mol. The van der Waals surface area contributed by atoms with E-state index < -0.39 is 0 Å². The second-order valence-corrected chi connectivity index (χ2v) is 10.7. The smallest absolute Gasteiger partial charge is 0.236 e. The molecule has 0 saturated carbocycles. The Hall–Kier alpha value is -3.79. The molecule has 214 valence electrons. The number of benzene rings is 1. The van der Waals surface area contributed by atoms with Gasteiger partial charge in [0.25, 0.3) is 0 Å². The van der Waals surface area contributed by atoms with Gasteiger partial charge in [-0.2, -0.15) is 0 Å². The predicted molar refractivity (Wildman–Crippen MR) is 154 cm³/mol. The standard InChI is InChI=1S/C30H40N6O4/c1-5-21(37)11-7-6-8-14-24(34-30(39)20-17-36(18-20)28(38)19-35(2)3)29-31-16-26(33-29)25-15-27(40-4)22-12-9-10-13-23(22)32-25/h9-10,12-13,15-16,20,24H,5-8,11,14,17-19H2,1-4H3,(H,31,33)(H,34,39)/t24-/m0/s1. The monoisotopic (exact) mass is 548 g/mol. The van der Waals surface area contributed by atoms with Gasteiger partial charge in [0, 0.05) is 37.4 Å². The first-order chi connectivity index (χ1) is 19.3. The molecule has 1 aliphatic heterocycles. The van der Waals surface area contributed by atoms with Crippen molar-refractivity contribution in [2.75, 3.05) is 40.8 Å². The van der Waals surface area contributed by atoms with E-state index in [-0.39, 0.29) is 29.6 Å². The van der Waals surface area contributed by atoms with Crippen molar-refractivity contribution in [1.82, 2.24) is 30.1 Å². The first kappa shape index (κ1) is 29.2. The van der Waals surface area contributed by atoms with Crippen LogP contribution in [0.15, 0.2) is 36.5 Å². The molecule has 0 spiro atoms. The number of nitrogens with one attached hydrogen (secondary N) is 2. The van der Waals surface area contributed by atoms with E-state index in [2.05, 4.69) is 15.3 Å². The van der Waals surface area contributed by atoms with Gasteiger partial charge in [0.05, 0.1) is 48.7 Å². The van der Waals surface area contributed by atoms with Crippen molar-refractivity contribution in [2.45, 2.75) is 51.5 Å². The van der Waals surface area contributed by atoms with Gasteiger partial charge in [0.1, 0.15) is 17.4 Å². The second-order valence-electron chi connectivity index (χ2n) is 10.7. The number of methoxy groups -OCH3 is 1. The average molecular weight is 549 g/mol. The fourth-order valence-corrected chi connectivity index (χ4v) is 4.90. The average Bonchev–Trinajstić information content (AvgIpc) is 3.40. The maximum absolute atomic E-state index is 13.1. The number of hydrogen-bond donors (Lipinski definition) is 2. The summed E-state index contributed by atoms with van der Waals surface area (Å²) in [6.45, 7) is 3.07. The fraction of sp³-hybridized carbons (Fsp3) is 0.500. The topological polar surface area (TPSA) is 121 Å². The number of ether oxygens (including phenoxy) is 1. The molecule has 1 atom stereocenters. The van der Waals surface area contributed by atoms with Crippen LogP contribution >= 0.6 is 0 Å². The van der Waals surface area contributed by atoms with Crippen LogP contribution < -0.4 is 10.1 Å². The summed E-state index contributed by atoms with van der Waals surface area (Å²) in [6, 6.07) is 9.36. The van der Waals surface area contributed by atoms with E-state index in [1.165, 1.54) is 0 Å². The highest BCUT2D eigenvalue weighted by Crippen LogP contribution is 2.30. The molecule has 2 N–H and O–H groups in total. The van der Waals surface area contributed by atoms with Crippen molar-refractivity contribution in [1.29, 1.82) is 0 Å². The Morgan fingerprint density at radius 2 is 1.95 bits per heavy atom. The maximum Gasteiger partial charge on any atom is 0.236 e. The number of carbonyl (C=O) groups excluding carboxylic acids is 3. The minimum atomic E-state index is -0.322. The number of Topliss-reactive ketones (excluding diaryl/α,β-unsaturated/α-hetero) is 1. The molecule has 3 aromatic rings. The van der Waals surface area contributed by atoms with Crippen LogP contribution in [0, 0.1) is 5.92 Å². The molecule has 1 fully saturated rings. The lowest BCUT2D eigenvalue weighted by atomic mass is 9.97. The van der Waals surface area contributed by atoms with E-state index in [1.807, 2.05) is 56.3 Å². The minimum absolute atomic E-state index is 0.0289. The lowest BCUT2D eigenvalue weighted by Gasteiger charge is -2.39. The van der Waals surface area contributed by atoms with E-state index in [0.29, 0.717) is 50.4 Å². The second kappa shape index (κ2) is 13.5. The summed E-state index contributed by atoms with van der Waals surface area (Å²) in [5.41, 5.74) is 2.25. The highest BCUT2D eigenvalue weighted by atomic mass is 16.5. The van der Waals surface area contributed by atoms with Gasteiger partial charge in [0.2, 0.25) is 11.8 Å². The highest BCUT2D eigenvalue weighted by molar-refractivity contribution is 5.88. The number of ketones is 1. The molecule has 40 heavy (non-hydrogen) atoms. The van der Waals surface area contributed by atoms with Crippen molar-refractivity contribution in [2.24, 2.45) is 5.92 Å². The first-order valence-corrected chi connectivity index (χ1v) is 14.0. The SMILES string of the molecule is CCC(=O)CCCCC[C@H](NC(=O)C1CN(C(=O)CN(C)C)C1)c1ncc(-c2cc(OC)c3ccccc3n2)[nH]1. The number of likely N-dealkylation sites (N-methyl/N-ethyl adjacent to an activating group) is 1. The van der Waals surface area contributed by atoms with Crippen LogP contribution in [0.1, 0.15) is 57.3 Å². The van der Waals surface area contributed by atoms with Crippen LogP contribution in [0.3, 0.4) is 0 Å². The summed E-state index contributed by atoms with van der Waals surface area (Å²) in [5, 5.41) is 4.10. The van der Waals surface area contributed by atoms with Crippen molar-refractivity contribution >= 4 is 28.5 Å². The number of rotatable bonds is 14. The van der Waals surface area contributed by atoms with Gasteiger partial charge in [-0.15, -0.1) is 0 Å². The quantitative estimate of drug-likeness (QED) is 0.295. The molecular formula is C30H40N6O4. The lowest BCUT2D eigenvalue weighted by Crippen LogP contribution is -2.57. The van der Waals surface area contributed by atoms with Gasteiger partial charge in [-0.25, -0.2) is 9.97 Å². The summed E-state index contributed by atoms with van der Waals surface area (Å²) >= 11 is 0. The number of pyridine rings is 1. The van der Waals surface area contributed by atoms with Gasteiger partial charge < -0.3 is 24.8 Å². The molecule has 10 heteroatoms. The molecule has 1 aliphatic rings. The van der Waals surface area contributed by atoms with Crippen molar-refractivity contribution < 1.29 is 19.1 Å². The number of imidazole rings is 1. The zero-order valence-electron chi connectivity index (χ0n) is 23.9. The summed E-state index contributed by atoms with van der Waals surface area (Å²) in [4.78, 5) is 53.4. The van der Waals surface area contributed by atoms with Gasteiger partial charge in [-0.05, 0) is 39.1 Å². The third kappa shape index (κ3) is 7.24. The van der Waals surface area contributed by atoms with Crippen molar-refractivity contribution in [3.05, 3.63) is 42.4 Å². The molecule has 1 aromatic carbocycles. The highest BCUT2D eigenvalue weighted by Gasteiger charge is 2.36. The number of carbonyl (C=O) groups is 3. The largest absolute Gasteiger partial charge is 0.496 e. The van der Waals surface area contributed by atoms with Crippen LogP contribution in [-0.4, -0.2) is 83.2 Å². The molecule has 2 aromatic heterocycles. The van der Waals surface area contributed by atoms with Gasteiger partial charge >= 0.3 is 0 Å². The summed E-state index contributed by atoms with van der Waals surface area (Å²) < 4.78 is 5.60. The number of unbranched alkanes of at least 4 members (excludes halogenated alkanes) is 2. The van der Waals surface area contributed by atoms with E-state index in [1.54, 1.807) is 18.2 Å². The van der Waals surface area contributed by atoms with Crippen LogP contribution in [0.5, 0.6) is 5.75 Å². The molecule has 2 amide bonds. The number of nitrogens with zero attached hydrogens (tertiary/aromatic N) is 4. The summed E-state index contributed by atoms with van der Waals surface area (Å²) in [5.74, 6) is 1.36. The zero-order chi connectivity index (χ0) is 28.6. The Labute approximate surface area is 235 Å². The Balaban J connectivity index is 1.46. The van der Waals surface area contributed by atoms with Crippen LogP contribution in [0.4, 0.5) is 0 Å². The Morgan fingerprint density at radius 3 is 2.67 bits per heavy atom. The number of hydrogen-bond acceptors (Lipinski definition) is 7. The first-order valence-electron chi connectivity index (χ1n) is 14.0. The maximum atomic E-state index is 13.1. The number of para-hydroxylation sites is 1. The molecule has 10 nitrogen and oxygen atoms in total. The molecule has 0 radical (unpaired) electrons. The van der Waals surface area contributed by atoms with Gasteiger partial charge in [0.15, 0.2) is 0 Å². The molecule has 1 saturated heterocycles. The third-order valence-corrected chi connectivity index (χ3v) is 7.32. The molecule has 0 unspecified atom stereocenters. The van der Waals surface area contributed by atoms with E-state index in [9.17, 15) is 14.4 Å². The molecule has 0 bridgehead atoms. The Kier molecular flexibility index (Phi) is 9.87. The number of aromatic nitrogens is 3. The Bertz CT molecular complexity index is 1330. The van der Waals surface area contributed by atoms with Crippen LogP contribution in [-0.2, 0) is 14.4 Å². The molecule has 3 heterocycles. The zero-order valence-corrected chi connectivity index (χ0v) is 23.9. The minimum Gasteiger partial charge on any atom is -0.496 e. The summed E-state index contributed by atoms with van der Waals surface area (Å²) in [6.07, 6.45) is 6.15. The van der Waals surface area contributed by atoms with Crippen molar-refractivity contribution in [3.63, 3.8) is 0 Å². The number of fused-ring (bicyclic) bond motifs is 1. The molecule has 4 rings (SSSR count). The van der Waals surface area contributed by atoms with Gasteiger partial charge in [-0.1, -0.05) is 31.9 Å². The number of likely N-dealkylation sites (tertiary alicyclic amines) is 1. The number of H-pyrrole nitrogens is 1. The van der Waals surface area contributed by atoms with Crippen LogP contribution in [0.2, 0.25) is 0 Å². The molecule has 0 aliphatic carbocycles. The van der Waals surface area contributed by atoms with Crippen LogP contribution in [0.25, 0.3) is 22.3 Å². The normalized spacial score (nSPS) is 14.3. The lowest BCUT2D eigenvalue weighted by molar-refractivity contribution is -0.143. The van der Waals surface area contributed by atoms with Crippen molar-refractivity contribution in [3.8, 4) is 17.1 Å². The summed E-state index contributed by atoms with van der Waals surface area (Å²) in [7, 11) is 5.34. The number of amides is 2. The Morgan fingerprint density at radius 1 is 1.18 bits per heavy atom. The fourth-order valence-electron chi connectivity index (χ4n) is 4.90. The third-order valence-electron chi connectivity index (χ3n) is 7.32. The number of aromatic amines is 1.